The van der Waals surface area contributed by atoms with E-state index in [0.717, 1.165) is 36.4 Å². The molecule has 0 heterocycles. The average molecular weight is 633 g/mol. The Bertz CT molecular complexity index is 1500. The SMILES string of the molecule is COc1cccc(N(CC(=O)N(Cc2ccc(Cl)c(Cl)c2)[C@@H](C)C(=O)NC2CCCCC2)S(=O)(=O)c2ccccc2)c1. The molecular formula is C31H35Cl2N3O5S. The normalized spacial score (nSPS) is 14.6. The molecule has 1 fully saturated rings. The summed E-state index contributed by atoms with van der Waals surface area (Å²) in [5.41, 5.74) is 0.897. The number of amides is 2. The third-order valence-corrected chi connectivity index (χ3v) is 9.93. The number of nitrogens with one attached hydrogen (secondary N) is 1. The first kappa shape index (κ1) is 31.7. The second-order valence-corrected chi connectivity index (χ2v) is 13.0. The van der Waals surface area contributed by atoms with Crippen molar-refractivity contribution in [3.8, 4) is 5.75 Å². The van der Waals surface area contributed by atoms with Crippen LogP contribution in [0.4, 0.5) is 5.69 Å². The maximum Gasteiger partial charge on any atom is 0.264 e. The van der Waals surface area contributed by atoms with E-state index in [1.54, 1.807) is 67.6 Å². The predicted molar refractivity (Wildman–Crippen MR) is 165 cm³/mol. The molecule has 0 saturated heterocycles. The smallest absolute Gasteiger partial charge is 0.264 e. The molecule has 0 unspecified atom stereocenters. The van der Waals surface area contributed by atoms with Crippen molar-refractivity contribution in [1.82, 2.24) is 10.2 Å². The number of hydrogen-bond acceptors (Lipinski definition) is 5. The highest BCUT2D eigenvalue weighted by atomic mass is 35.5. The summed E-state index contributed by atoms with van der Waals surface area (Å²) in [5.74, 6) is -0.426. The standard InChI is InChI=1S/C31H35Cl2N3O5S/c1-22(31(38)34-24-10-5-3-6-11-24)35(20-23-16-17-28(32)29(33)18-23)30(37)21-36(25-12-9-13-26(19-25)41-2)42(39,40)27-14-7-4-8-15-27/h4,7-9,12-19,22,24H,3,5-6,10-11,20-21H2,1-2H3,(H,34,38)/t22-/m0/s1. The summed E-state index contributed by atoms with van der Waals surface area (Å²) in [6, 6.07) is 18.5. The summed E-state index contributed by atoms with van der Waals surface area (Å²) in [6.07, 6.45) is 4.99. The molecule has 0 bridgehead atoms. The van der Waals surface area contributed by atoms with Gasteiger partial charge in [0.25, 0.3) is 10.0 Å². The maximum absolute atomic E-state index is 14.1. The van der Waals surface area contributed by atoms with E-state index in [-0.39, 0.29) is 29.1 Å². The van der Waals surface area contributed by atoms with E-state index in [0.29, 0.717) is 21.4 Å². The van der Waals surface area contributed by atoms with Crippen molar-refractivity contribution in [1.29, 1.82) is 0 Å². The lowest BCUT2D eigenvalue weighted by Gasteiger charge is -2.33. The largest absolute Gasteiger partial charge is 0.497 e. The second kappa shape index (κ2) is 14.3. The summed E-state index contributed by atoms with van der Waals surface area (Å²) in [5, 5.41) is 3.76. The quantitative estimate of drug-likeness (QED) is 0.277. The van der Waals surface area contributed by atoms with E-state index in [1.807, 2.05) is 0 Å². The number of benzene rings is 3. The van der Waals surface area contributed by atoms with Crippen molar-refractivity contribution in [2.75, 3.05) is 18.0 Å². The number of sulfonamides is 1. The van der Waals surface area contributed by atoms with Gasteiger partial charge in [0, 0.05) is 18.7 Å². The highest BCUT2D eigenvalue weighted by molar-refractivity contribution is 7.92. The Hall–Kier alpha value is -3.27. The molecule has 1 saturated carbocycles. The highest BCUT2D eigenvalue weighted by Crippen LogP contribution is 2.28. The van der Waals surface area contributed by atoms with Crippen LogP contribution < -0.4 is 14.4 Å². The Morgan fingerprint density at radius 2 is 1.67 bits per heavy atom. The molecule has 1 aliphatic rings. The Kier molecular flexibility index (Phi) is 10.8. The Labute approximate surface area is 257 Å². The van der Waals surface area contributed by atoms with Crippen LogP contribution in [0.5, 0.6) is 5.75 Å². The molecule has 8 nitrogen and oxygen atoms in total. The third-order valence-electron chi connectivity index (χ3n) is 7.41. The number of carbonyl (C=O) groups excluding carboxylic acids is 2. The van der Waals surface area contributed by atoms with Crippen molar-refractivity contribution < 1.29 is 22.7 Å². The third kappa shape index (κ3) is 7.76. The highest BCUT2D eigenvalue weighted by Gasteiger charge is 2.33. The van der Waals surface area contributed by atoms with Gasteiger partial charge in [0.2, 0.25) is 11.8 Å². The zero-order chi connectivity index (χ0) is 30.3. The molecule has 2 amide bonds. The van der Waals surface area contributed by atoms with Gasteiger partial charge in [-0.2, -0.15) is 0 Å². The van der Waals surface area contributed by atoms with Crippen LogP contribution in [0.2, 0.25) is 10.0 Å². The van der Waals surface area contributed by atoms with Crippen molar-refractivity contribution in [3.63, 3.8) is 0 Å². The van der Waals surface area contributed by atoms with Crippen LogP contribution in [0.25, 0.3) is 0 Å². The first-order valence-electron chi connectivity index (χ1n) is 13.9. The predicted octanol–water partition coefficient (Wildman–Crippen LogP) is 6.06. The monoisotopic (exact) mass is 631 g/mol. The van der Waals surface area contributed by atoms with Gasteiger partial charge in [-0.25, -0.2) is 8.42 Å². The molecule has 0 radical (unpaired) electrons. The summed E-state index contributed by atoms with van der Waals surface area (Å²) in [4.78, 5) is 28.9. The van der Waals surface area contributed by atoms with Gasteiger partial charge in [0.05, 0.1) is 27.7 Å². The van der Waals surface area contributed by atoms with E-state index in [4.69, 9.17) is 27.9 Å². The lowest BCUT2D eigenvalue weighted by Crippen LogP contribution is -2.53. The van der Waals surface area contributed by atoms with E-state index in [1.165, 1.54) is 24.1 Å². The maximum atomic E-state index is 14.1. The fourth-order valence-corrected chi connectivity index (χ4v) is 6.75. The van der Waals surface area contributed by atoms with Crippen LogP contribution in [0.15, 0.2) is 77.7 Å². The average Bonchev–Trinajstić information content (AvgIpc) is 3.00. The van der Waals surface area contributed by atoms with Crippen molar-refractivity contribution in [2.24, 2.45) is 0 Å². The van der Waals surface area contributed by atoms with Crippen LogP contribution in [0.3, 0.4) is 0 Å². The van der Waals surface area contributed by atoms with E-state index in [2.05, 4.69) is 5.32 Å². The van der Waals surface area contributed by atoms with E-state index < -0.39 is 28.5 Å². The fraction of sp³-hybridized carbons (Fsp3) is 0.355. The fourth-order valence-electron chi connectivity index (χ4n) is 5.00. The van der Waals surface area contributed by atoms with Gasteiger partial charge in [-0.05, 0) is 61.7 Å². The molecule has 1 N–H and O–H groups in total. The zero-order valence-electron chi connectivity index (χ0n) is 23.6. The minimum Gasteiger partial charge on any atom is -0.497 e. The molecule has 42 heavy (non-hydrogen) atoms. The number of nitrogens with zero attached hydrogens (tertiary/aromatic N) is 2. The Balaban J connectivity index is 1.69. The summed E-state index contributed by atoms with van der Waals surface area (Å²) in [6.45, 7) is 1.12. The minimum absolute atomic E-state index is 0.0201. The number of methoxy groups -OCH3 is 1. The first-order chi connectivity index (χ1) is 20.1. The number of ether oxygens (including phenoxy) is 1. The van der Waals surface area contributed by atoms with Gasteiger partial charge in [-0.1, -0.05) is 72.8 Å². The molecule has 11 heteroatoms. The van der Waals surface area contributed by atoms with Crippen molar-refractivity contribution >= 4 is 50.7 Å². The number of halogens is 2. The summed E-state index contributed by atoms with van der Waals surface area (Å²) < 4.78 is 34.2. The molecule has 0 aromatic heterocycles. The zero-order valence-corrected chi connectivity index (χ0v) is 26.0. The van der Waals surface area contributed by atoms with Crippen LogP contribution in [-0.2, 0) is 26.2 Å². The van der Waals surface area contributed by atoms with Crippen LogP contribution >= 0.6 is 23.2 Å². The molecule has 0 aliphatic heterocycles. The molecule has 3 aromatic rings. The molecule has 0 spiro atoms. The van der Waals surface area contributed by atoms with Crippen LogP contribution in [-0.4, -0.2) is 50.9 Å². The lowest BCUT2D eigenvalue weighted by molar-refractivity contribution is -0.139. The molecule has 4 rings (SSSR count). The number of anilines is 1. The molecule has 1 atom stereocenters. The van der Waals surface area contributed by atoms with E-state index in [9.17, 15) is 18.0 Å². The van der Waals surface area contributed by atoms with Crippen LogP contribution in [0, 0.1) is 0 Å². The minimum atomic E-state index is -4.17. The lowest BCUT2D eigenvalue weighted by atomic mass is 9.95. The number of carbonyl (C=O) groups is 2. The molecule has 3 aromatic carbocycles. The second-order valence-electron chi connectivity index (χ2n) is 10.3. The van der Waals surface area contributed by atoms with Gasteiger partial charge in [-0.15, -0.1) is 0 Å². The van der Waals surface area contributed by atoms with Crippen LogP contribution in [0.1, 0.15) is 44.6 Å². The Morgan fingerprint density at radius 3 is 2.33 bits per heavy atom. The summed E-state index contributed by atoms with van der Waals surface area (Å²) >= 11 is 12.4. The molecule has 1 aliphatic carbocycles. The summed E-state index contributed by atoms with van der Waals surface area (Å²) in [7, 11) is -2.69. The van der Waals surface area contributed by atoms with Gasteiger partial charge in [0.15, 0.2) is 0 Å². The molecular weight excluding hydrogens is 597 g/mol. The van der Waals surface area contributed by atoms with Crippen molar-refractivity contribution in [2.45, 2.75) is 62.6 Å². The molecule has 224 valence electrons. The van der Waals surface area contributed by atoms with Gasteiger partial charge in [0.1, 0.15) is 18.3 Å². The first-order valence-corrected chi connectivity index (χ1v) is 16.1. The van der Waals surface area contributed by atoms with Gasteiger partial charge >= 0.3 is 0 Å². The van der Waals surface area contributed by atoms with Gasteiger partial charge < -0.3 is 15.0 Å². The van der Waals surface area contributed by atoms with Crippen molar-refractivity contribution in [3.05, 3.63) is 88.4 Å². The van der Waals surface area contributed by atoms with E-state index >= 15 is 0 Å². The number of rotatable bonds is 11. The van der Waals surface area contributed by atoms with Gasteiger partial charge in [-0.3, -0.25) is 13.9 Å². The Morgan fingerprint density at radius 1 is 0.952 bits per heavy atom. The number of hydrogen-bond donors (Lipinski definition) is 1. The topological polar surface area (TPSA) is 96.0 Å².